The van der Waals surface area contributed by atoms with Crippen LogP contribution in [0.5, 0.6) is 5.75 Å². The summed E-state index contributed by atoms with van der Waals surface area (Å²) in [4.78, 5) is 14.5. The summed E-state index contributed by atoms with van der Waals surface area (Å²) in [5.41, 5.74) is 4.99. The van der Waals surface area contributed by atoms with Gasteiger partial charge in [-0.2, -0.15) is 0 Å². The maximum absolute atomic E-state index is 6.62. The minimum Gasteiger partial charge on any atom is -0.480 e. The van der Waals surface area contributed by atoms with E-state index in [2.05, 4.69) is 68.9 Å². The third kappa shape index (κ3) is 3.81. The predicted octanol–water partition coefficient (Wildman–Crippen LogP) is 3.61. The molecule has 170 valence electrons. The summed E-state index contributed by atoms with van der Waals surface area (Å²) in [6, 6.07) is 16.8. The third-order valence-corrected chi connectivity index (χ3v) is 7.11. The minimum absolute atomic E-state index is 0.403. The van der Waals surface area contributed by atoms with Crippen molar-refractivity contribution in [1.82, 2.24) is 20.2 Å². The van der Waals surface area contributed by atoms with Crippen LogP contribution in [0.25, 0.3) is 11.1 Å². The number of hydrogen-bond donors (Lipinski definition) is 2. The molecule has 0 unspecified atom stereocenters. The molecule has 2 N–H and O–H groups in total. The van der Waals surface area contributed by atoms with Crippen LogP contribution in [0.4, 0.5) is 17.3 Å². The zero-order valence-corrected chi connectivity index (χ0v) is 19.1. The molecule has 1 spiro atoms. The summed E-state index contributed by atoms with van der Waals surface area (Å²) in [5, 5.41) is 6.87. The number of para-hydroxylation sites is 1. The molecule has 2 saturated heterocycles. The van der Waals surface area contributed by atoms with Crippen LogP contribution in [-0.2, 0) is 5.60 Å². The average Bonchev–Trinajstić information content (AvgIpc) is 2.86. The Bertz CT molecular complexity index is 1130. The number of fused-ring (bicyclic) bond motifs is 4. The van der Waals surface area contributed by atoms with Crippen molar-refractivity contribution in [2.24, 2.45) is 0 Å². The van der Waals surface area contributed by atoms with Crippen molar-refractivity contribution in [2.45, 2.75) is 18.4 Å². The number of hydrogen-bond acceptors (Lipinski definition) is 7. The highest BCUT2D eigenvalue weighted by molar-refractivity contribution is 5.75. The molecule has 1 aromatic heterocycles. The molecule has 2 aromatic carbocycles. The van der Waals surface area contributed by atoms with E-state index in [0.29, 0.717) is 5.95 Å². The highest BCUT2D eigenvalue weighted by Gasteiger charge is 2.43. The molecule has 6 rings (SSSR count). The predicted molar refractivity (Wildman–Crippen MR) is 131 cm³/mol. The minimum atomic E-state index is -0.403. The second-order valence-corrected chi connectivity index (χ2v) is 9.26. The van der Waals surface area contributed by atoms with Gasteiger partial charge in [-0.25, -0.2) is 9.97 Å². The standard InChI is InChI=1S/C26H30N6O/c1-31-14-16-32(17-15-31)20-8-6-19(7-9-20)29-25-28-18-22-21-4-2-3-5-23(21)33-26(24(22)30-25)10-12-27-13-11-26/h2-9,18,27H,10-17H2,1H3,(H,28,29,30). The van der Waals surface area contributed by atoms with E-state index < -0.39 is 5.60 Å². The van der Waals surface area contributed by atoms with Crippen molar-refractivity contribution < 1.29 is 4.74 Å². The molecule has 4 heterocycles. The lowest BCUT2D eigenvalue weighted by Gasteiger charge is -2.41. The molecular weight excluding hydrogens is 412 g/mol. The molecule has 0 aliphatic carbocycles. The van der Waals surface area contributed by atoms with Crippen molar-refractivity contribution in [1.29, 1.82) is 0 Å². The first-order valence-corrected chi connectivity index (χ1v) is 11.9. The van der Waals surface area contributed by atoms with Gasteiger partial charge >= 0.3 is 0 Å². The molecule has 0 bridgehead atoms. The highest BCUT2D eigenvalue weighted by Crippen LogP contribution is 2.48. The van der Waals surface area contributed by atoms with Gasteiger partial charge in [-0.05, 0) is 50.5 Å². The molecule has 2 fully saturated rings. The maximum atomic E-state index is 6.62. The summed E-state index contributed by atoms with van der Waals surface area (Å²) in [5.74, 6) is 1.54. The normalized spacial score (nSPS) is 19.5. The summed E-state index contributed by atoms with van der Waals surface area (Å²) < 4.78 is 6.62. The van der Waals surface area contributed by atoms with Crippen molar-refractivity contribution in [2.75, 3.05) is 56.5 Å². The van der Waals surface area contributed by atoms with Crippen LogP contribution < -0.4 is 20.3 Å². The van der Waals surface area contributed by atoms with Gasteiger partial charge in [0.2, 0.25) is 5.95 Å². The van der Waals surface area contributed by atoms with Crippen LogP contribution in [0.1, 0.15) is 18.5 Å². The fourth-order valence-electron chi connectivity index (χ4n) is 5.14. The quantitative estimate of drug-likeness (QED) is 0.642. The summed E-state index contributed by atoms with van der Waals surface area (Å²) >= 11 is 0. The van der Waals surface area contributed by atoms with E-state index in [1.54, 1.807) is 0 Å². The Balaban J connectivity index is 1.28. The molecule has 0 radical (unpaired) electrons. The molecule has 0 amide bonds. The Hall–Kier alpha value is -3.16. The van der Waals surface area contributed by atoms with E-state index in [4.69, 9.17) is 9.72 Å². The SMILES string of the molecule is CN1CCN(c2ccc(Nc3ncc4c(n3)C3(CCNCC3)Oc3ccccc3-4)cc2)CC1. The Morgan fingerprint density at radius 1 is 0.939 bits per heavy atom. The molecular formula is C26H30N6O. The van der Waals surface area contributed by atoms with Gasteiger partial charge in [0, 0.05) is 67.7 Å². The van der Waals surface area contributed by atoms with Crippen LogP contribution in [0.3, 0.4) is 0 Å². The average molecular weight is 443 g/mol. The lowest BCUT2D eigenvalue weighted by atomic mass is 9.82. The molecule has 3 aliphatic rings. The van der Waals surface area contributed by atoms with Crippen LogP contribution in [0.15, 0.2) is 54.7 Å². The van der Waals surface area contributed by atoms with Gasteiger partial charge in [0.25, 0.3) is 0 Å². The van der Waals surface area contributed by atoms with Gasteiger partial charge in [-0.1, -0.05) is 18.2 Å². The largest absolute Gasteiger partial charge is 0.480 e. The fourth-order valence-corrected chi connectivity index (χ4v) is 5.14. The second-order valence-electron chi connectivity index (χ2n) is 9.26. The molecule has 3 aromatic rings. The first kappa shape index (κ1) is 20.4. The van der Waals surface area contributed by atoms with Gasteiger partial charge < -0.3 is 25.2 Å². The van der Waals surface area contributed by atoms with E-state index in [-0.39, 0.29) is 0 Å². The lowest BCUT2D eigenvalue weighted by Crippen LogP contribution is -2.46. The van der Waals surface area contributed by atoms with Crippen LogP contribution in [-0.4, -0.2) is 61.2 Å². The Kier molecular flexibility index (Phi) is 5.15. The number of piperazine rings is 1. The number of likely N-dealkylation sites (N-methyl/N-ethyl adjacent to an activating group) is 1. The summed E-state index contributed by atoms with van der Waals surface area (Å²) in [6.45, 7) is 6.17. The zero-order valence-electron chi connectivity index (χ0n) is 19.1. The monoisotopic (exact) mass is 442 g/mol. The summed E-state index contributed by atoms with van der Waals surface area (Å²) in [7, 11) is 2.18. The molecule has 3 aliphatic heterocycles. The topological polar surface area (TPSA) is 65.5 Å². The number of piperidine rings is 1. The van der Waals surface area contributed by atoms with Gasteiger partial charge in [0.15, 0.2) is 5.60 Å². The molecule has 0 saturated carbocycles. The van der Waals surface area contributed by atoms with Crippen molar-refractivity contribution >= 4 is 17.3 Å². The van der Waals surface area contributed by atoms with Gasteiger partial charge in [0.05, 0.1) is 5.69 Å². The smallest absolute Gasteiger partial charge is 0.227 e. The van der Waals surface area contributed by atoms with Crippen molar-refractivity contribution in [3.05, 3.63) is 60.4 Å². The fraction of sp³-hybridized carbons (Fsp3) is 0.385. The van der Waals surface area contributed by atoms with Gasteiger partial charge in [-0.3, -0.25) is 0 Å². The number of nitrogens with zero attached hydrogens (tertiary/aromatic N) is 4. The molecule has 33 heavy (non-hydrogen) atoms. The number of benzene rings is 2. The van der Waals surface area contributed by atoms with E-state index in [1.807, 2.05) is 18.3 Å². The maximum Gasteiger partial charge on any atom is 0.227 e. The Morgan fingerprint density at radius 2 is 1.70 bits per heavy atom. The molecule has 7 heteroatoms. The number of nitrogens with one attached hydrogen (secondary N) is 2. The third-order valence-electron chi connectivity index (χ3n) is 7.11. The van der Waals surface area contributed by atoms with Crippen LogP contribution >= 0.6 is 0 Å². The Labute approximate surface area is 194 Å². The van der Waals surface area contributed by atoms with Crippen LogP contribution in [0.2, 0.25) is 0 Å². The zero-order chi connectivity index (χ0) is 22.3. The van der Waals surface area contributed by atoms with Crippen molar-refractivity contribution in [3.63, 3.8) is 0 Å². The van der Waals surface area contributed by atoms with Gasteiger partial charge in [-0.15, -0.1) is 0 Å². The second kappa shape index (κ2) is 8.32. The van der Waals surface area contributed by atoms with E-state index in [9.17, 15) is 0 Å². The molecule has 7 nitrogen and oxygen atoms in total. The van der Waals surface area contributed by atoms with E-state index in [1.165, 1.54) is 5.69 Å². The van der Waals surface area contributed by atoms with E-state index in [0.717, 1.165) is 80.4 Å². The van der Waals surface area contributed by atoms with Crippen molar-refractivity contribution in [3.8, 4) is 16.9 Å². The number of aromatic nitrogens is 2. The molecule has 0 atom stereocenters. The van der Waals surface area contributed by atoms with Gasteiger partial charge in [0.1, 0.15) is 5.75 Å². The number of rotatable bonds is 3. The van der Waals surface area contributed by atoms with Crippen LogP contribution in [0, 0.1) is 0 Å². The van der Waals surface area contributed by atoms with E-state index >= 15 is 0 Å². The summed E-state index contributed by atoms with van der Waals surface area (Å²) in [6.07, 6.45) is 3.74. The Morgan fingerprint density at radius 3 is 2.48 bits per heavy atom. The first-order valence-electron chi connectivity index (χ1n) is 11.9. The number of ether oxygens (including phenoxy) is 1. The lowest BCUT2D eigenvalue weighted by molar-refractivity contribution is 0.0265. The first-order chi connectivity index (χ1) is 16.2. The highest BCUT2D eigenvalue weighted by atomic mass is 16.5. The number of anilines is 3.